The summed E-state index contributed by atoms with van der Waals surface area (Å²) >= 11 is 0. The lowest BCUT2D eigenvalue weighted by Gasteiger charge is -2.33. The van der Waals surface area contributed by atoms with Crippen LogP contribution in [-0.2, 0) is 0 Å². The summed E-state index contributed by atoms with van der Waals surface area (Å²) in [6.07, 6.45) is -2.44. The number of amides is 1. The van der Waals surface area contributed by atoms with Gasteiger partial charge < -0.3 is 9.32 Å². The molecule has 0 N–H and O–H groups in total. The fourth-order valence-corrected chi connectivity index (χ4v) is 1.98. The van der Waals surface area contributed by atoms with Gasteiger partial charge in [0.1, 0.15) is 0 Å². The second-order valence-electron chi connectivity index (χ2n) is 4.11. The van der Waals surface area contributed by atoms with Gasteiger partial charge in [-0.2, -0.15) is 13.2 Å². The highest BCUT2D eigenvalue weighted by molar-refractivity contribution is 5.91. The van der Waals surface area contributed by atoms with Crippen LogP contribution in [-0.4, -0.2) is 30.1 Å². The number of carbonyl (C=O) groups is 1. The minimum absolute atomic E-state index is 0.0887. The number of piperidine rings is 1. The average molecular weight is 247 g/mol. The van der Waals surface area contributed by atoms with Crippen LogP contribution in [0.1, 0.15) is 23.4 Å². The maximum absolute atomic E-state index is 12.6. The van der Waals surface area contributed by atoms with Crippen LogP contribution in [0.5, 0.6) is 0 Å². The highest BCUT2D eigenvalue weighted by Gasteiger charge is 2.42. The summed E-state index contributed by atoms with van der Waals surface area (Å²) in [6.45, 7) is 0.0785. The molecular formula is C11H12F3NO2. The lowest BCUT2D eigenvalue weighted by atomic mass is 9.97. The zero-order valence-electron chi connectivity index (χ0n) is 9.04. The lowest BCUT2D eigenvalue weighted by molar-refractivity contribution is -0.184. The SMILES string of the molecule is O=C(c1ccco1)N1CCCC(C(F)(F)F)C1. The number of furan rings is 1. The van der Waals surface area contributed by atoms with E-state index in [1.807, 2.05) is 0 Å². The summed E-state index contributed by atoms with van der Waals surface area (Å²) in [5.74, 6) is -1.80. The fourth-order valence-electron chi connectivity index (χ4n) is 1.98. The molecule has 2 heterocycles. The molecular weight excluding hydrogens is 235 g/mol. The van der Waals surface area contributed by atoms with E-state index in [4.69, 9.17) is 4.42 Å². The molecule has 17 heavy (non-hydrogen) atoms. The third-order valence-corrected chi connectivity index (χ3v) is 2.90. The first-order valence-electron chi connectivity index (χ1n) is 5.38. The molecule has 1 aromatic heterocycles. The van der Waals surface area contributed by atoms with Crippen molar-refractivity contribution in [3.05, 3.63) is 24.2 Å². The predicted molar refractivity (Wildman–Crippen MR) is 53.4 cm³/mol. The van der Waals surface area contributed by atoms with Crippen LogP contribution in [0, 0.1) is 5.92 Å². The van der Waals surface area contributed by atoms with E-state index in [9.17, 15) is 18.0 Å². The molecule has 1 amide bonds. The molecule has 0 spiro atoms. The molecule has 1 unspecified atom stereocenters. The van der Waals surface area contributed by atoms with Crippen molar-refractivity contribution in [2.24, 2.45) is 5.92 Å². The minimum atomic E-state index is -4.23. The topological polar surface area (TPSA) is 33.5 Å². The molecule has 1 fully saturated rings. The molecule has 1 saturated heterocycles. The Morgan fingerprint density at radius 3 is 2.82 bits per heavy atom. The van der Waals surface area contributed by atoms with Gasteiger partial charge in [-0.25, -0.2) is 0 Å². The molecule has 3 nitrogen and oxygen atoms in total. The van der Waals surface area contributed by atoms with E-state index in [0.29, 0.717) is 13.0 Å². The normalized spacial score (nSPS) is 21.6. The van der Waals surface area contributed by atoms with E-state index in [0.717, 1.165) is 0 Å². The van der Waals surface area contributed by atoms with Crippen molar-refractivity contribution in [1.82, 2.24) is 4.90 Å². The van der Waals surface area contributed by atoms with Crippen LogP contribution in [0.2, 0.25) is 0 Å². The summed E-state index contributed by atoms with van der Waals surface area (Å²) < 4.78 is 42.6. The van der Waals surface area contributed by atoms with Crippen LogP contribution in [0.4, 0.5) is 13.2 Å². The van der Waals surface area contributed by atoms with Gasteiger partial charge >= 0.3 is 6.18 Å². The summed E-state index contributed by atoms with van der Waals surface area (Å²) in [5.41, 5.74) is 0. The van der Waals surface area contributed by atoms with Gasteiger partial charge in [-0.05, 0) is 25.0 Å². The first-order valence-corrected chi connectivity index (χ1v) is 5.38. The van der Waals surface area contributed by atoms with Crippen molar-refractivity contribution in [2.75, 3.05) is 13.1 Å². The van der Waals surface area contributed by atoms with Crippen LogP contribution >= 0.6 is 0 Å². The monoisotopic (exact) mass is 247 g/mol. The molecule has 1 aliphatic heterocycles. The first-order chi connectivity index (χ1) is 7.98. The number of halogens is 3. The van der Waals surface area contributed by atoms with E-state index >= 15 is 0 Å². The molecule has 0 bridgehead atoms. The molecule has 1 aliphatic rings. The summed E-state index contributed by atoms with van der Waals surface area (Å²) in [7, 11) is 0. The van der Waals surface area contributed by atoms with E-state index in [2.05, 4.69) is 0 Å². The summed E-state index contributed by atoms with van der Waals surface area (Å²) in [5, 5.41) is 0. The predicted octanol–water partition coefficient (Wildman–Crippen LogP) is 2.69. The van der Waals surface area contributed by atoms with Gasteiger partial charge in [0.15, 0.2) is 5.76 Å². The third-order valence-electron chi connectivity index (χ3n) is 2.90. The number of carbonyl (C=O) groups excluding carboxylic acids is 1. The Balaban J connectivity index is 2.05. The van der Waals surface area contributed by atoms with E-state index in [1.165, 1.54) is 17.2 Å². The molecule has 94 valence electrons. The number of hydrogen-bond donors (Lipinski definition) is 0. The molecule has 0 aliphatic carbocycles. The fraction of sp³-hybridized carbons (Fsp3) is 0.545. The molecule has 2 rings (SSSR count). The zero-order chi connectivity index (χ0) is 12.5. The Morgan fingerprint density at radius 2 is 2.24 bits per heavy atom. The van der Waals surface area contributed by atoms with Gasteiger partial charge in [0, 0.05) is 13.1 Å². The van der Waals surface area contributed by atoms with Crippen molar-refractivity contribution in [3.63, 3.8) is 0 Å². The van der Waals surface area contributed by atoms with Crippen molar-refractivity contribution >= 4 is 5.91 Å². The number of likely N-dealkylation sites (tertiary alicyclic amines) is 1. The van der Waals surface area contributed by atoms with Gasteiger partial charge in [-0.15, -0.1) is 0 Å². The van der Waals surface area contributed by atoms with Gasteiger partial charge in [-0.3, -0.25) is 4.79 Å². The van der Waals surface area contributed by atoms with Crippen molar-refractivity contribution in [1.29, 1.82) is 0 Å². The van der Waals surface area contributed by atoms with Crippen LogP contribution in [0.25, 0.3) is 0 Å². The smallest absolute Gasteiger partial charge is 0.393 e. The Morgan fingerprint density at radius 1 is 1.47 bits per heavy atom. The van der Waals surface area contributed by atoms with E-state index in [1.54, 1.807) is 6.07 Å². The second-order valence-corrected chi connectivity index (χ2v) is 4.11. The largest absolute Gasteiger partial charge is 0.459 e. The summed E-state index contributed by atoms with van der Waals surface area (Å²) in [6, 6.07) is 3.00. The number of rotatable bonds is 1. The quantitative estimate of drug-likeness (QED) is 0.764. The van der Waals surface area contributed by atoms with E-state index < -0.39 is 18.0 Å². The number of nitrogens with zero attached hydrogens (tertiary/aromatic N) is 1. The highest BCUT2D eigenvalue weighted by atomic mass is 19.4. The maximum atomic E-state index is 12.6. The van der Waals surface area contributed by atoms with Gasteiger partial charge in [0.05, 0.1) is 12.2 Å². The first kappa shape index (κ1) is 12.0. The molecule has 0 saturated carbocycles. The molecule has 6 heteroatoms. The van der Waals surface area contributed by atoms with E-state index in [-0.39, 0.29) is 18.7 Å². The molecule has 0 aromatic carbocycles. The van der Waals surface area contributed by atoms with Gasteiger partial charge in [-0.1, -0.05) is 0 Å². The molecule has 1 aromatic rings. The maximum Gasteiger partial charge on any atom is 0.393 e. The number of hydrogen-bond acceptors (Lipinski definition) is 2. The van der Waals surface area contributed by atoms with Crippen molar-refractivity contribution < 1.29 is 22.4 Å². The van der Waals surface area contributed by atoms with Crippen molar-refractivity contribution in [2.45, 2.75) is 19.0 Å². The second kappa shape index (κ2) is 4.43. The van der Waals surface area contributed by atoms with Crippen LogP contribution in [0.3, 0.4) is 0 Å². The number of alkyl halides is 3. The summed E-state index contributed by atoms with van der Waals surface area (Å²) in [4.78, 5) is 13.0. The Kier molecular flexibility index (Phi) is 3.13. The molecule has 1 atom stereocenters. The average Bonchev–Trinajstić information content (AvgIpc) is 2.80. The van der Waals surface area contributed by atoms with Gasteiger partial charge in [0.2, 0.25) is 0 Å². The lowest BCUT2D eigenvalue weighted by Crippen LogP contribution is -2.44. The third kappa shape index (κ3) is 2.62. The Bertz CT molecular complexity index is 386. The highest BCUT2D eigenvalue weighted by Crippen LogP contribution is 2.33. The minimum Gasteiger partial charge on any atom is -0.459 e. The standard InChI is InChI=1S/C11H12F3NO2/c12-11(13,14)8-3-1-5-15(7-8)10(16)9-4-2-6-17-9/h2,4,6,8H,1,3,5,7H2. The van der Waals surface area contributed by atoms with Crippen LogP contribution in [0.15, 0.2) is 22.8 Å². The zero-order valence-corrected chi connectivity index (χ0v) is 9.04. The van der Waals surface area contributed by atoms with Crippen molar-refractivity contribution in [3.8, 4) is 0 Å². The van der Waals surface area contributed by atoms with Crippen LogP contribution < -0.4 is 0 Å². The Labute approximate surface area is 96.2 Å². The van der Waals surface area contributed by atoms with Gasteiger partial charge in [0.25, 0.3) is 5.91 Å². The Hall–Kier alpha value is -1.46. The molecule has 0 radical (unpaired) electrons.